The number of aliphatic hydroxyl groups is 1. The summed E-state index contributed by atoms with van der Waals surface area (Å²) in [7, 11) is 0. The van der Waals surface area contributed by atoms with Gasteiger partial charge in [0.25, 0.3) is 0 Å². The van der Waals surface area contributed by atoms with Crippen LogP contribution in [0.25, 0.3) is 0 Å². The molecule has 0 amide bonds. The van der Waals surface area contributed by atoms with Crippen LogP contribution in [0.3, 0.4) is 0 Å². The molecule has 3 N–H and O–H groups in total. The first-order valence-corrected chi connectivity index (χ1v) is 8.39. The van der Waals surface area contributed by atoms with Crippen LogP contribution in [0.5, 0.6) is 5.75 Å². The zero-order valence-corrected chi connectivity index (χ0v) is 13.9. The topological polar surface area (TPSA) is 65.9 Å². The molecule has 1 fully saturated rings. The number of nitrogens with one attached hydrogen (secondary N) is 2. The molecule has 24 heavy (non-hydrogen) atoms. The van der Waals surface area contributed by atoms with Gasteiger partial charge in [-0.3, -0.25) is 0 Å². The monoisotopic (exact) mass is 341 g/mol. The average Bonchev–Trinajstić information content (AvgIpc) is 2.55. The lowest BCUT2D eigenvalue weighted by atomic mass is 9.93. The molecule has 0 spiro atoms. The molecule has 0 saturated heterocycles. The summed E-state index contributed by atoms with van der Waals surface area (Å²) in [6.45, 7) is 3.25. The third-order valence-corrected chi connectivity index (χ3v) is 3.89. The molecule has 134 valence electrons. The van der Waals surface area contributed by atoms with Gasteiger partial charge in [-0.15, -0.1) is 0 Å². The van der Waals surface area contributed by atoms with E-state index in [-0.39, 0.29) is 18.5 Å². The van der Waals surface area contributed by atoms with E-state index in [0.29, 0.717) is 18.5 Å². The minimum absolute atomic E-state index is 0.0193. The smallest absolute Gasteiger partial charge is 0.191 e. The van der Waals surface area contributed by atoms with Crippen molar-refractivity contribution in [2.24, 2.45) is 4.99 Å². The van der Waals surface area contributed by atoms with E-state index in [1.807, 2.05) is 6.92 Å². The van der Waals surface area contributed by atoms with Crippen LogP contribution in [0, 0.1) is 11.6 Å². The fraction of sp³-hybridized carbons (Fsp3) is 0.588. The minimum atomic E-state index is -0.718. The molecule has 0 aromatic heterocycles. The van der Waals surface area contributed by atoms with Crippen molar-refractivity contribution in [2.45, 2.75) is 44.8 Å². The number of ether oxygens (including phenoxy) is 1. The van der Waals surface area contributed by atoms with E-state index in [4.69, 9.17) is 4.74 Å². The highest BCUT2D eigenvalue weighted by Gasteiger charge is 2.19. The molecule has 0 heterocycles. The van der Waals surface area contributed by atoms with Gasteiger partial charge in [0.1, 0.15) is 12.4 Å². The number of nitrogens with zero attached hydrogens (tertiary/aromatic N) is 1. The Balaban J connectivity index is 1.80. The van der Waals surface area contributed by atoms with Gasteiger partial charge < -0.3 is 20.5 Å². The number of hydrogen-bond acceptors (Lipinski definition) is 3. The van der Waals surface area contributed by atoms with Gasteiger partial charge >= 0.3 is 0 Å². The maximum atomic E-state index is 13.5. The molecule has 0 bridgehead atoms. The fourth-order valence-electron chi connectivity index (χ4n) is 2.64. The van der Waals surface area contributed by atoms with Crippen LogP contribution in [0.2, 0.25) is 0 Å². The van der Waals surface area contributed by atoms with Gasteiger partial charge in [0.2, 0.25) is 0 Å². The first kappa shape index (κ1) is 18.4. The molecule has 0 radical (unpaired) electrons. The van der Waals surface area contributed by atoms with Crippen molar-refractivity contribution in [3.63, 3.8) is 0 Å². The first-order chi connectivity index (χ1) is 11.6. The van der Waals surface area contributed by atoms with Crippen LogP contribution < -0.4 is 15.4 Å². The molecule has 5 nitrogen and oxygen atoms in total. The predicted octanol–water partition coefficient (Wildman–Crippen LogP) is 2.20. The molecule has 0 atom stereocenters. The van der Waals surface area contributed by atoms with Crippen molar-refractivity contribution in [2.75, 3.05) is 19.7 Å². The number of rotatable bonds is 6. The van der Waals surface area contributed by atoms with Crippen molar-refractivity contribution in [1.82, 2.24) is 10.6 Å². The van der Waals surface area contributed by atoms with Gasteiger partial charge in [0, 0.05) is 18.7 Å². The van der Waals surface area contributed by atoms with E-state index in [0.717, 1.165) is 44.4 Å². The molecule has 1 saturated carbocycles. The highest BCUT2D eigenvalue weighted by Crippen LogP contribution is 2.18. The van der Waals surface area contributed by atoms with Gasteiger partial charge in [-0.2, -0.15) is 0 Å². The molecule has 2 rings (SSSR count). The van der Waals surface area contributed by atoms with Gasteiger partial charge in [-0.05, 0) is 44.7 Å². The van der Waals surface area contributed by atoms with E-state index in [2.05, 4.69) is 15.6 Å². The fourth-order valence-corrected chi connectivity index (χ4v) is 2.64. The second kappa shape index (κ2) is 9.42. The van der Waals surface area contributed by atoms with E-state index in [1.54, 1.807) is 0 Å². The Hall–Kier alpha value is -1.89. The van der Waals surface area contributed by atoms with Crippen LogP contribution in [0.15, 0.2) is 23.2 Å². The summed E-state index contributed by atoms with van der Waals surface area (Å²) >= 11 is 0. The summed E-state index contributed by atoms with van der Waals surface area (Å²) in [6.07, 6.45) is 3.21. The summed E-state index contributed by atoms with van der Waals surface area (Å²) < 4.78 is 31.6. The molecule has 1 aromatic carbocycles. The molecule has 0 aliphatic heterocycles. The van der Waals surface area contributed by atoms with Gasteiger partial charge in [-0.1, -0.05) is 0 Å². The summed E-state index contributed by atoms with van der Waals surface area (Å²) in [5, 5.41) is 16.0. The van der Waals surface area contributed by atoms with Gasteiger partial charge in [0.05, 0.1) is 12.6 Å². The minimum Gasteiger partial charge on any atom is -0.489 e. The normalized spacial score (nSPS) is 21.4. The number of benzene rings is 1. The SMILES string of the molecule is CCNC(=NCCOc1ccc(F)cc1F)NC1CCC(O)CC1. The zero-order chi connectivity index (χ0) is 17.4. The summed E-state index contributed by atoms with van der Waals surface area (Å²) in [4.78, 5) is 4.40. The van der Waals surface area contributed by atoms with Crippen molar-refractivity contribution < 1.29 is 18.6 Å². The van der Waals surface area contributed by atoms with E-state index in [9.17, 15) is 13.9 Å². The van der Waals surface area contributed by atoms with Gasteiger partial charge in [-0.25, -0.2) is 13.8 Å². The van der Waals surface area contributed by atoms with Crippen LogP contribution >= 0.6 is 0 Å². The van der Waals surface area contributed by atoms with E-state index < -0.39 is 11.6 Å². The van der Waals surface area contributed by atoms with E-state index >= 15 is 0 Å². The second-order valence-electron chi connectivity index (χ2n) is 5.83. The molecule has 0 unspecified atom stereocenters. The number of hydrogen-bond donors (Lipinski definition) is 3. The summed E-state index contributed by atoms with van der Waals surface area (Å²) in [5.41, 5.74) is 0. The third-order valence-electron chi connectivity index (χ3n) is 3.89. The molecular weight excluding hydrogens is 316 g/mol. The summed E-state index contributed by atoms with van der Waals surface area (Å²) in [6, 6.07) is 3.51. The predicted molar refractivity (Wildman–Crippen MR) is 89.2 cm³/mol. The van der Waals surface area contributed by atoms with Gasteiger partial charge in [0.15, 0.2) is 17.5 Å². The lowest BCUT2D eigenvalue weighted by Crippen LogP contribution is -2.45. The lowest BCUT2D eigenvalue weighted by molar-refractivity contribution is 0.120. The molecule has 1 aromatic rings. The third kappa shape index (κ3) is 5.96. The maximum absolute atomic E-state index is 13.5. The highest BCUT2D eigenvalue weighted by atomic mass is 19.1. The van der Waals surface area contributed by atoms with Crippen LogP contribution in [-0.4, -0.2) is 42.9 Å². The first-order valence-electron chi connectivity index (χ1n) is 8.39. The number of aliphatic imine (C=N–C) groups is 1. The molecule has 1 aliphatic rings. The van der Waals surface area contributed by atoms with Crippen LogP contribution in [0.4, 0.5) is 8.78 Å². The highest BCUT2D eigenvalue weighted by molar-refractivity contribution is 5.80. The Labute approximate surface area is 141 Å². The zero-order valence-electron chi connectivity index (χ0n) is 13.9. The van der Waals surface area contributed by atoms with Crippen LogP contribution in [0.1, 0.15) is 32.6 Å². The number of guanidine groups is 1. The summed E-state index contributed by atoms with van der Waals surface area (Å²) in [5.74, 6) is -0.647. The Kier molecular flexibility index (Phi) is 7.24. The Morgan fingerprint density at radius 2 is 2.04 bits per heavy atom. The largest absolute Gasteiger partial charge is 0.489 e. The van der Waals surface area contributed by atoms with Crippen molar-refractivity contribution in [3.05, 3.63) is 29.8 Å². The average molecular weight is 341 g/mol. The van der Waals surface area contributed by atoms with E-state index in [1.165, 1.54) is 6.07 Å². The number of aliphatic hydroxyl groups excluding tert-OH is 1. The van der Waals surface area contributed by atoms with Crippen molar-refractivity contribution in [1.29, 1.82) is 0 Å². The molecule has 7 heteroatoms. The quantitative estimate of drug-likeness (QED) is 0.422. The Morgan fingerprint density at radius 1 is 1.29 bits per heavy atom. The standard InChI is InChI=1S/C17H25F2N3O2/c1-2-20-17(22-13-4-6-14(23)7-5-13)21-9-10-24-16-8-3-12(18)11-15(16)19/h3,8,11,13-14,23H,2,4-7,9-10H2,1H3,(H2,20,21,22). The Bertz CT molecular complexity index is 547. The second-order valence-corrected chi connectivity index (χ2v) is 5.83. The van der Waals surface area contributed by atoms with Crippen molar-refractivity contribution >= 4 is 5.96 Å². The molecular formula is C17H25F2N3O2. The van der Waals surface area contributed by atoms with Crippen molar-refractivity contribution in [3.8, 4) is 5.75 Å². The van der Waals surface area contributed by atoms with Crippen LogP contribution in [-0.2, 0) is 0 Å². The maximum Gasteiger partial charge on any atom is 0.191 e. The Morgan fingerprint density at radius 3 is 2.71 bits per heavy atom. The number of halogens is 2. The molecule has 1 aliphatic carbocycles. The lowest BCUT2D eigenvalue weighted by Gasteiger charge is -2.27.